The molecule has 0 aromatic rings. The molecule has 8 heavy (non-hydrogen) atoms. The summed E-state index contributed by atoms with van der Waals surface area (Å²) >= 11 is 10.9. The van der Waals surface area contributed by atoms with Gasteiger partial charge in [0.2, 0.25) is 4.38 Å². The summed E-state index contributed by atoms with van der Waals surface area (Å²) in [6.45, 7) is 0. The van der Waals surface area contributed by atoms with Crippen molar-refractivity contribution in [3.63, 3.8) is 0 Å². The molecule has 0 aliphatic carbocycles. The Labute approximate surface area is 62.4 Å². The van der Waals surface area contributed by atoms with E-state index in [0.29, 0.717) is 0 Å². The zero-order valence-electron chi connectivity index (χ0n) is 3.61. The SMILES string of the molecule is OC(=S)S.OC(O)=S. The minimum atomic E-state index is -1.000. The van der Waals surface area contributed by atoms with Crippen LogP contribution >= 0.6 is 37.1 Å². The Balaban J connectivity index is 0. The van der Waals surface area contributed by atoms with E-state index >= 15 is 0 Å². The van der Waals surface area contributed by atoms with E-state index in [-0.39, 0.29) is 4.38 Å². The number of hydrogen-bond donors (Lipinski definition) is 4. The molecule has 3 N–H and O–H groups in total. The van der Waals surface area contributed by atoms with Crippen LogP contribution in [0.1, 0.15) is 0 Å². The van der Waals surface area contributed by atoms with Gasteiger partial charge in [-0.3, -0.25) is 0 Å². The summed E-state index contributed by atoms with van der Waals surface area (Å²) in [7, 11) is 0. The van der Waals surface area contributed by atoms with Gasteiger partial charge in [-0.15, -0.1) is 0 Å². The van der Waals surface area contributed by atoms with Crippen LogP contribution in [0.25, 0.3) is 0 Å². The van der Waals surface area contributed by atoms with Crippen LogP contribution in [0, 0.1) is 0 Å². The molecular formula is C2H4O3S3. The first-order chi connectivity index (χ1) is 3.46. The van der Waals surface area contributed by atoms with E-state index in [2.05, 4.69) is 37.1 Å². The van der Waals surface area contributed by atoms with Crippen molar-refractivity contribution in [2.24, 2.45) is 0 Å². The predicted molar refractivity (Wildman–Crippen MR) is 42.1 cm³/mol. The van der Waals surface area contributed by atoms with Crippen LogP contribution in [0.3, 0.4) is 0 Å². The fourth-order valence-corrected chi connectivity index (χ4v) is 0. The molecule has 3 nitrogen and oxygen atoms in total. The molecule has 0 amide bonds. The summed E-state index contributed by atoms with van der Waals surface area (Å²) < 4.78 is -0.306. The van der Waals surface area contributed by atoms with Gasteiger partial charge in [0.1, 0.15) is 0 Å². The topological polar surface area (TPSA) is 60.7 Å². The molecule has 0 heterocycles. The highest BCUT2D eigenvalue weighted by Crippen LogP contribution is 1.68. The highest BCUT2D eigenvalue weighted by molar-refractivity contribution is 8.10. The number of aliphatic hydroxyl groups is 3. The van der Waals surface area contributed by atoms with Gasteiger partial charge in [-0.1, -0.05) is 12.6 Å². The monoisotopic (exact) mass is 172 g/mol. The molecule has 0 unspecified atom stereocenters. The molecule has 6 heteroatoms. The van der Waals surface area contributed by atoms with Crippen LogP contribution in [-0.4, -0.2) is 24.9 Å². The molecule has 0 atom stereocenters. The van der Waals surface area contributed by atoms with Gasteiger partial charge in [-0.2, -0.15) is 0 Å². The maximum atomic E-state index is 7.65. The van der Waals surface area contributed by atoms with Gasteiger partial charge in [0, 0.05) is 12.2 Å². The summed E-state index contributed by atoms with van der Waals surface area (Å²) in [4.78, 5) is 0. The zero-order valence-corrected chi connectivity index (χ0v) is 6.13. The Morgan fingerprint density at radius 2 is 1.12 bits per heavy atom. The minimum Gasteiger partial charge on any atom is -0.494 e. The molecular weight excluding hydrogens is 168 g/mol. The fraction of sp³-hybridized carbons (Fsp3) is 0. The minimum absolute atomic E-state index is 0.306. The summed E-state index contributed by atoms with van der Waals surface area (Å²) in [6.07, 6.45) is 0. The Bertz CT molecular complexity index is 70.5. The first-order valence-corrected chi connectivity index (χ1v) is 2.57. The van der Waals surface area contributed by atoms with Gasteiger partial charge in [-0.25, -0.2) is 0 Å². The predicted octanol–water partition coefficient (Wildman–Crippen LogP) is 1.15. The van der Waals surface area contributed by atoms with Crippen molar-refractivity contribution in [3.8, 4) is 0 Å². The van der Waals surface area contributed by atoms with E-state index in [0.717, 1.165) is 0 Å². The average Bonchev–Trinajstić information content (AvgIpc) is 1.25. The molecule has 0 aromatic carbocycles. The highest BCUT2D eigenvalue weighted by Gasteiger charge is 1.62. The smallest absolute Gasteiger partial charge is 0.347 e. The summed E-state index contributed by atoms with van der Waals surface area (Å²) in [5, 5.41) is 21.3. The van der Waals surface area contributed by atoms with Crippen molar-refractivity contribution in [1.29, 1.82) is 0 Å². The number of hydrogen-bond acceptors (Lipinski definition) is 2. The number of rotatable bonds is 0. The first-order valence-electron chi connectivity index (χ1n) is 1.30. The lowest BCUT2D eigenvalue weighted by atomic mass is 11.5. The van der Waals surface area contributed by atoms with Crippen LogP contribution in [0.4, 0.5) is 0 Å². The van der Waals surface area contributed by atoms with Crippen molar-refractivity contribution < 1.29 is 15.3 Å². The maximum absolute atomic E-state index is 7.65. The lowest BCUT2D eigenvalue weighted by Gasteiger charge is -1.65. The first kappa shape index (κ1) is 10.8. The molecule has 0 saturated carbocycles. The molecule has 0 aliphatic heterocycles. The van der Waals surface area contributed by atoms with E-state index in [4.69, 9.17) is 15.3 Å². The van der Waals surface area contributed by atoms with Gasteiger partial charge in [0.05, 0.1) is 0 Å². The Kier molecular flexibility index (Phi) is 9.38. The Morgan fingerprint density at radius 3 is 1.12 bits per heavy atom. The molecule has 0 bridgehead atoms. The molecule has 0 aromatic heterocycles. The fourth-order valence-electron chi connectivity index (χ4n) is 0. The third kappa shape index (κ3) is 29400. The van der Waals surface area contributed by atoms with Crippen LogP contribution in [0.5, 0.6) is 0 Å². The van der Waals surface area contributed by atoms with Crippen LogP contribution in [0.2, 0.25) is 0 Å². The normalized spacial score (nSPS) is 6.12. The van der Waals surface area contributed by atoms with E-state index < -0.39 is 5.24 Å². The van der Waals surface area contributed by atoms with Gasteiger partial charge >= 0.3 is 5.24 Å². The zero-order chi connectivity index (χ0) is 7.15. The van der Waals surface area contributed by atoms with Crippen molar-refractivity contribution in [3.05, 3.63) is 0 Å². The van der Waals surface area contributed by atoms with Crippen molar-refractivity contribution in [2.75, 3.05) is 0 Å². The number of thiol groups is 1. The van der Waals surface area contributed by atoms with Gasteiger partial charge in [-0.05, 0) is 12.2 Å². The third-order valence-corrected chi connectivity index (χ3v) is 0. The van der Waals surface area contributed by atoms with Crippen molar-refractivity contribution in [1.82, 2.24) is 0 Å². The third-order valence-electron chi connectivity index (χ3n) is 0. The standard InChI is InChI=1S/CH2O2S.CH2OS2/c2*2-1(3)4/h2*(H2,2,3,4). The van der Waals surface area contributed by atoms with E-state index in [1.165, 1.54) is 0 Å². The second kappa shape index (κ2) is 6.93. The van der Waals surface area contributed by atoms with E-state index in [1.54, 1.807) is 0 Å². The van der Waals surface area contributed by atoms with Crippen LogP contribution in [0.15, 0.2) is 0 Å². The van der Waals surface area contributed by atoms with Crippen molar-refractivity contribution in [2.45, 2.75) is 0 Å². The summed E-state index contributed by atoms with van der Waals surface area (Å²) in [5.74, 6) is 0. The quantitative estimate of drug-likeness (QED) is 0.326. The molecule has 0 fully saturated rings. The highest BCUT2D eigenvalue weighted by atomic mass is 32.1. The summed E-state index contributed by atoms with van der Waals surface area (Å²) in [6, 6.07) is 0. The molecule has 0 radical (unpaired) electrons. The summed E-state index contributed by atoms with van der Waals surface area (Å²) in [5.41, 5.74) is 0. The Hall–Kier alpha value is -0.0700. The van der Waals surface area contributed by atoms with Gasteiger partial charge in [0.15, 0.2) is 0 Å². The van der Waals surface area contributed by atoms with Gasteiger partial charge < -0.3 is 15.3 Å². The number of aliphatic hydroxyl groups excluding tert-OH is 2. The second-order valence-corrected chi connectivity index (χ2v) is 2.04. The second-order valence-electron chi connectivity index (χ2n) is 0.565. The molecule has 0 spiro atoms. The average molecular weight is 172 g/mol. The molecule has 0 rings (SSSR count). The lowest BCUT2D eigenvalue weighted by Crippen LogP contribution is -1.80. The van der Waals surface area contributed by atoms with Gasteiger partial charge in [0.25, 0.3) is 0 Å². The van der Waals surface area contributed by atoms with Crippen LogP contribution < -0.4 is 0 Å². The largest absolute Gasteiger partial charge is 0.494 e. The molecule has 0 saturated heterocycles. The molecule has 0 aliphatic rings. The molecule has 48 valence electrons. The Morgan fingerprint density at radius 1 is 1.12 bits per heavy atom. The number of thiocarbonyl (C=S) groups is 2. The lowest BCUT2D eigenvalue weighted by molar-refractivity contribution is 0.386. The van der Waals surface area contributed by atoms with Crippen molar-refractivity contribution >= 4 is 46.7 Å². The maximum Gasteiger partial charge on any atom is 0.347 e. The van der Waals surface area contributed by atoms with Crippen LogP contribution in [-0.2, 0) is 0 Å². The van der Waals surface area contributed by atoms with E-state index in [1.807, 2.05) is 0 Å². The van der Waals surface area contributed by atoms with E-state index in [9.17, 15) is 0 Å².